The van der Waals surface area contributed by atoms with Crippen LogP contribution in [0.3, 0.4) is 0 Å². The van der Waals surface area contributed by atoms with E-state index < -0.39 is 29.2 Å². The zero-order chi connectivity index (χ0) is 24.0. The molecule has 4 N–H and O–H groups in total. The highest BCUT2D eigenvalue weighted by Gasteiger charge is 2.64. The predicted octanol–water partition coefficient (Wildman–Crippen LogP) is 4.13. The second-order valence-electron chi connectivity index (χ2n) is 9.53. The molecule has 0 radical (unpaired) electrons. The molecular formula is C25H27Cl2FN4O2. The van der Waals surface area contributed by atoms with E-state index in [0.717, 1.165) is 19.3 Å². The Morgan fingerprint density at radius 2 is 1.97 bits per heavy atom. The molecule has 3 fully saturated rings. The Morgan fingerprint density at radius 3 is 2.68 bits per heavy atom. The van der Waals surface area contributed by atoms with E-state index in [4.69, 9.17) is 28.9 Å². The number of nitrogens with zero attached hydrogens (tertiary/aromatic N) is 1. The molecule has 1 aliphatic carbocycles. The van der Waals surface area contributed by atoms with Crippen molar-refractivity contribution in [1.82, 2.24) is 10.2 Å². The number of carbonyl (C=O) groups excluding carboxylic acids is 2. The van der Waals surface area contributed by atoms with Gasteiger partial charge < -0.3 is 16.4 Å². The first-order chi connectivity index (χ1) is 16.3. The van der Waals surface area contributed by atoms with Gasteiger partial charge in [0.15, 0.2) is 5.66 Å². The molecule has 2 aliphatic heterocycles. The first-order valence-electron chi connectivity index (χ1n) is 11.6. The molecule has 1 saturated carbocycles. The summed E-state index contributed by atoms with van der Waals surface area (Å²) in [6.45, 7) is 1.06. The number of fused-ring (bicyclic) bond motifs is 1. The van der Waals surface area contributed by atoms with E-state index in [2.05, 4.69) is 10.6 Å². The zero-order valence-corrected chi connectivity index (χ0v) is 20.1. The minimum atomic E-state index is -1.67. The van der Waals surface area contributed by atoms with Crippen LogP contribution >= 0.6 is 23.2 Å². The van der Waals surface area contributed by atoms with Crippen molar-refractivity contribution in [1.29, 1.82) is 0 Å². The van der Waals surface area contributed by atoms with E-state index in [9.17, 15) is 9.59 Å². The number of hydrogen-bond acceptors (Lipinski definition) is 4. The van der Waals surface area contributed by atoms with E-state index in [0.29, 0.717) is 36.1 Å². The molecule has 0 bridgehead atoms. The van der Waals surface area contributed by atoms with Gasteiger partial charge in [-0.2, -0.15) is 0 Å². The third kappa shape index (κ3) is 3.88. The van der Waals surface area contributed by atoms with Crippen molar-refractivity contribution in [3.63, 3.8) is 0 Å². The summed E-state index contributed by atoms with van der Waals surface area (Å²) in [5, 5.41) is 6.18. The minimum absolute atomic E-state index is 0.0692. The van der Waals surface area contributed by atoms with Crippen molar-refractivity contribution < 1.29 is 14.0 Å². The van der Waals surface area contributed by atoms with Gasteiger partial charge in [0.25, 0.3) is 5.91 Å². The second kappa shape index (κ2) is 9.11. The summed E-state index contributed by atoms with van der Waals surface area (Å²) in [5.74, 6) is -2.59. The summed E-state index contributed by atoms with van der Waals surface area (Å²) in [7, 11) is 0. The molecule has 2 aromatic rings. The molecule has 2 aromatic carbocycles. The number of carbonyl (C=O) groups is 2. The van der Waals surface area contributed by atoms with Gasteiger partial charge in [-0.3, -0.25) is 14.5 Å². The largest absolute Gasteiger partial charge is 0.356 e. The van der Waals surface area contributed by atoms with Crippen LogP contribution in [0.2, 0.25) is 10.0 Å². The highest BCUT2D eigenvalue weighted by atomic mass is 35.5. The molecule has 9 heteroatoms. The molecule has 5 rings (SSSR count). The average Bonchev–Trinajstić information content (AvgIpc) is 3.03. The molecular weight excluding hydrogens is 478 g/mol. The molecule has 2 heterocycles. The first-order valence-corrected chi connectivity index (χ1v) is 12.4. The number of likely N-dealkylation sites (tertiary alicyclic amines) is 1. The number of rotatable bonds is 5. The molecule has 4 atom stereocenters. The molecule has 0 unspecified atom stereocenters. The number of hydrogen-bond donors (Lipinski definition) is 3. The number of benzene rings is 2. The first kappa shape index (κ1) is 23.5. The lowest BCUT2D eigenvalue weighted by Gasteiger charge is -2.43. The van der Waals surface area contributed by atoms with E-state index >= 15 is 4.39 Å². The van der Waals surface area contributed by atoms with Gasteiger partial charge in [0.2, 0.25) is 5.91 Å². The van der Waals surface area contributed by atoms with Gasteiger partial charge in [-0.15, -0.1) is 0 Å². The summed E-state index contributed by atoms with van der Waals surface area (Å²) < 4.78 is 15.4. The second-order valence-corrected chi connectivity index (χ2v) is 10.4. The SMILES string of the molecule is N[C@]1(C(=O)Nc2cccc(Cl)c2)[C@@H](c2cccc(Cl)c2F)[C@@H]2C(=O)NCC[C@@H]2N1CC1CCC1. The maximum absolute atomic E-state index is 15.4. The van der Waals surface area contributed by atoms with E-state index in [-0.39, 0.29) is 22.5 Å². The highest BCUT2D eigenvalue weighted by molar-refractivity contribution is 6.31. The number of piperidine rings is 1. The van der Waals surface area contributed by atoms with Gasteiger partial charge in [-0.05, 0) is 55.0 Å². The Bertz CT molecular complexity index is 1130. The van der Waals surface area contributed by atoms with Gasteiger partial charge in [0.1, 0.15) is 5.82 Å². The van der Waals surface area contributed by atoms with Crippen LogP contribution in [0.25, 0.3) is 0 Å². The van der Waals surface area contributed by atoms with Crippen LogP contribution in [0.5, 0.6) is 0 Å². The quantitative estimate of drug-likeness (QED) is 0.571. The van der Waals surface area contributed by atoms with Crippen molar-refractivity contribution in [3.8, 4) is 0 Å². The molecule has 0 aromatic heterocycles. The fourth-order valence-electron chi connectivity index (χ4n) is 5.77. The highest BCUT2D eigenvalue weighted by Crippen LogP contribution is 2.51. The molecule has 3 aliphatic rings. The van der Waals surface area contributed by atoms with Gasteiger partial charge >= 0.3 is 0 Å². The van der Waals surface area contributed by atoms with Gasteiger partial charge in [0, 0.05) is 35.8 Å². The van der Waals surface area contributed by atoms with Gasteiger partial charge in [-0.1, -0.05) is 47.8 Å². The number of amides is 2. The molecule has 34 heavy (non-hydrogen) atoms. The van der Waals surface area contributed by atoms with Crippen LogP contribution in [0.4, 0.5) is 10.1 Å². The zero-order valence-electron chi connectivity index (χ0n) is 18.6. The predicted molar refractivity (Wildman–Crippen MR) is 130 cm³/mol. The van der Waals surface area contributed by atoms with E-state index in [1.54, 1.807) is 36.4 Å². The van der Waals surface area contributed by atoms with Crippen LogP contribution in [0, 0.1) is 17.7 Å². The Balaban J connectivity index is 1.64. The fourth-order valence-corrected chi connectivity index (χ4v) is 6.14. The minimum Gasteiger partial charge on any atom is -0.356 e. The normalized spacial score (nSPS) is 29.3. The Labute approximate surface area is 208 Å². The third-order valence-electron chi connectivity index (χ3n) is 7.61. The maximum Gasteiger partial charge on any atom is 0.260 e. The summed E-state index contributed by atoms with van der Waals surface area (Å²) in [4.78, 5) is 29.1. The summed E-state index contributed by atoms with van der Waals surface area (Å²) in [5.41, 5.74) is 6.06. The van der Waals surface area contributed by atoms with Crippen molar-refractivity contribution in [3.05, 3.63) is 63.9 Å². The van der Waals surface area contributed by atoms with Crippen LogP contribution < -0.4 is 16.4 Å². The van der Waals surface area contributed by atoms with Crippen molar-refractivity contribution in [2.75, 3.05) is 18.4 Å². The fraction of sp³-hybridized carbons (Fsp3) is 0.440. The van der Waals surface area contributed by atoms with Crippen molar-refractivity contribution >= 4 is 40.7 Å². The monoisotopic (exact) mass is 504 g/mol. The molecule has 6 nitrogen and oxygen atoms in total. The maximum atomic E-state index is 15.4. The lowest BCUT2D eigenvalue weighted by Crippen LogP contribution is -2.65. The Hall–Kier alpha value is -2.19. The van der Waals surface area contributed by atoms with Crippen LogP contribution in [-0.4, -0.2) is 41.5 Å². The van der Waals surface area contributed by atoms with E-state index in [1.165, 1.54) is 6.07 Å². The Morgan fingerprint density at radius 1 is 1.21 bits per heavy atom. The average molecular weight is 505 g/mol. The van der Waals surface area contributed by atoms with Crippen molar-refractivity contribution in [2.24, 2.45) is 17.6 Å². The van der Waals surface area contributed by atoms with E-state index in [1.807, 2.05) is 4.90 Å². The number of nitrogens with one attached hydrogen (secondary N) is 2. The number of nitrogens with two attached hydrogens (primary N) is 1. The third-order valence-corrected chi connectivity index (χ3v) is 8.13. The lowest BCUT2D eigenvalue weighted by molar-refractivity contribution is -0.129. The van der Waals surface area contributed by atoms with Crippen LogP contribution in [-0.2, 0) is 9.59 Å². The van der Waals surface area contributed by atoms with Crippen molar-refractivity contribution in [2.45, 2.75) is 43.3 Å². The van der Waals surface area contributed by atoms with Crippen LogP contribution in [0.1, 0.15) is 37.2 Å². The molecule has 2 saturated heterocycles. The number of anilines is 1. The summed E-state index contributed by atoms with van der Waals surface area (Å²) in [6, 6.07) is 11.1. The topological polar surface area (TPSA) is 87.5 Å². The lowest BCUT2D eigenvalue weighted by atomic mass is 9.76. The molecule has 0 spiro atoms. The Kier molecular flexibility index (Phi) is 6.31. The van der Waals surface area contributed by atoms with Crippen LogP contribution in [0.15, 0.2) is 42.5 Å². The molecule has 2 amide bonds. The number of halogens is 3. The smallest absolute Gasteiger partial charge is 0.260 e. The summed E-state index contributed by atoms with van der Waals surface area (Å²) in [6.07, 6.45) is 3.85. The molecule has 180 valence electrons. The summed E-state index contributed by atoms with van der Waals surface area (Å²) >= 11 is 12.2. The van der Waals surface area contributed by atoms with Gasteiger partial charge in [0.05, 0.1) is 10.9 Å². The van der Waals surface area contributed by atoms with Gasteiger partial charge in [-0.25, -0.2) is 4.39 Å². The standard InChI is InChI=1S/C25H27Cl2FN4O2/c26-15-6-2-7-16(12-15)31-24(34)25(29)21(17-8-3-9-18(27)22(17)28)20-19(10-11-30-23(20)33)32(25)13-14-4-1-5-14/h2-3,6-9,12,14,19-21H,1,4-5,10-11,13,29H2,(H,30,33)(H,31,34)/t19-,20+,21-,25+/m0/s1.